The fourth-order valence-electron chi connectivity index (χ4n) is 2.89. The SMILES string of the molecule is CC(C)(C)OC(=O)N[C@H]1CO[C@H](CO[Si](C)(C)C(C)(C)C)C2CC21. The Balaban J connectivity index is 1.79. The number of carbonyl (C=O) groups is 1. The van der Waals surface area contributed by atoms with Crippen molar-refractivity contribution < 1.29 is 18.7 Å². The van der Waals surface area contributed by atoms with Crippen LogP contribution in [0.1, 0.15) is 48.0 Å². The van der Waals surface area contributed by atoms with Crippen LogP contribution >= 0.6 is 0 Å². The Bertz CT molecular complexity index is 467. The molecular formula is C18H35NO4Si. The minimum absolute atomic E-state index is 0.0639. The van der Waals surface area contributed by atoms with E-state index in [1.54, 1.807) is 0 Å². The fraction of sp³-hybridized carbons (Fsp3) is 0.944. The molecule has 0 aromatic rings. The smallest absolute Gasteiger partial charge is 0.407 e. The number of hydrogen-bond donors (Lipinski definition) is 1. The first kappa shape index (κ1) is 19.7. The van der Waals surface area contributed by atoms with Gasteiger partial charge >= 0.3 is 6.09 Å². The van der Waals surface area contributed by atoms with Crippen molar-refractivity contribution in [3.8, 4) is 0 Å². The van der Waals surface area contributed by atoms with Crippen molar-refractivity contribution in [3.05, 3.63) is 0 Å². The molecule has 2 aliphatic rings. The zero-order valence-corrected chi connectivity index (χ0v) is 17.6. The first-order valence-electron chi connectivity index (χ1n) is 9.05. The second-order valence-corrected chi connectivity index (χ2v) is 14.6. The van der Waals surface area contributed by atoms with Gasteiger partial charge in [-0.15, -0.1) is 0 Å². The van der Waals surface area contributed by atoms with Gasteiger partial charge in [0, 0.05) is 0 Å². The second-order valence-electron chi connectivity index (χ2n) is 9.76. The van der Waals surface area contributed by atoms with Crippen molar-refractivity contribution in [2.45, 2.75) is 83.8 Å². The lowest BCUT2D eigenvalue weighted by atomic mass is 10.1. The number of ether oxygens (including phenoxy) is 2. The molecule has 1 aliphatic heterocycles. The van der Waals surface area contributed by atoms with Gasteiger partial charge in [0.25, 0.3) is 0 Å². The summed E-state index contributed by atoms with van der Waals surface area (Å²) < 4.78 is 17.7. The summed E-state index contributed by atoms with van der Waals surface area (Å²) in [5.41, 5.74) is -0.470. The molecule has 5 nitrogen and oxygen atoms in total. The molecule has 140 valence electrons. The van der Waals surface area contributed by atoms with E-state index in [-0.39, 0.29) is 23.3 Å². The normalized spacial score (nSPS) is 30.5. The third-order valence-electron chi connectivity index (χ3n) is 5.49. The van der Waals surface area contributed by atoms with E-state index in [0.29, 0.717) is 25.0 Å². The van der Waals surface area contributed by atoms with Crippen molar-refractivity contribution >= 4 is 14.4 Å². The molecule has 0 aromatic carbocycles. The van der Waals surface area contributed by atoms with E-state index in [2.05, 4.69) is 39.2 Å². The van der Waals surface area contributed by atoms with Crippen molar-refractivity contribution in [2.24, 2.45) is 11.8 Å². The van der Waals surface area contributed by atoms with Gasteiger partial charge in [-0.3, -0.25) is 0 Å². The average molecular weight is 358 g/mol. The molecule has 0 aromatic heterocycles. The van der Waals surface area contributed by atoms with E-state index in [9.17, 15) is 4.79 Å². The Morgan fingerprint density at radius 3 is 2.33 bits per heavy atom. The summed E-state index contributed by atoms with van der Waals surface area (Å²) >= 11 is 0. The summed E-state index contributed by atoms with van der Waals surface area (Å²) in [6, 6.07) is 0.0639. The molecule has 0 bridgehead atoms. The third-order valence-corrected chi connectivity index (χ3v) is 9.99. The standard InChI is InChI=1S/C18H35NO4Si/c1-17(2,3)23-16(20)19-14-10-21-15(13-9-12(13)14)11-22-24(7,8)18(4,5)6/h12-15H,9-11H2,1-8H3,(H,19,20)/t12?,13?,14-,15+/m0/s1. The number of fused-ring (bicyclic) bond motifs is 1. The van der Waals surface area contributed by atoms with Crippen LogP contribution in [-0.4, -0.2) is 45.4 Å². The molecule has 1 saturated heterocycles. The molecule has 24 heavy (non-hydrogen) atoms. The topological polar surface area (TPSA) is 56.8 Å². The summed E-state index contributed by atoms with van der Waals surface area (Å²) in [6.07, 6.45) is 0.921. The van der Waals surface area contributed by atoms with Crippen molar-refractivity contribution in [1.29, 1.82) is 0 Å². The van der Waals surface area contributed by atoms with Crippen molar-refractivity contribution in [1.82, 2.24) is 5.32 Å². The minimum atomic E-state index is -1.74. The fourth-order valence-corrected chi connectivity index (χ4v) is 3.90. The molecule has 2 rings (SSSR count). The molecule has 1 N–H and O–H groups in total. The highest BCUT2D eigenvalue weighted by Gasteiger charge is 2.53. The molecule has 2 fully saturated rings. The van der Waals surface area contributed by atoms with Gasteiger partial charge < -0.3 is 19.2 Å². The molecule has 0 radical (unpaired) electrons. The molecule has 1 amide bonds. The Kier molecular flexibility index (Phi) is 5.44. The first-order chi connectivity index (χ1) is 10.8. The Labute approximate surface area is 147 Å². The molecule has 1 heterocycles. The number of amides is 1. The van der Waals surface area contributed by atoms with Crippen LogP contribution in [0.4, 0.5) is 4.79 Å². The van der Waals surface area contributed by atoms with Gasteiger partial charge in [-0.05, 0) is 57.2 Å². The highest BCUT2D eigenvalue weighted by molar-refractivity contribution is 6.74. The van der Waals surface area contributed by atoms with Crippen molar-refractivity contribution in [3.63, 3.8) is 0 Å². The van der Waals surface area contributed by atoms with Crippen LogP contribution in [0.2, 0.25) is 18.1 Å². The Hall–Kier alpha value is -0.593. The van der Waals surface area contributed by atoms with Crippen LogP contribution in [0.15, 0.2) is 0 Å². The third kappa shape index (κ3) is 4.96. The first-order valence-corrected chi connectivity index (χ1v) is 12.0. The predicted octanol–water partition coefficient (Wildman–Crippen LogP) is 3.94. The molecule has 4 atom stereocenters. The Morgan fingerprint density at radius 1 is 1.17 bits per heavy atom. The predicted molar refractivity (Wildman–Crippen MR) is 97.6 cm³/mol. The van der Waals surface area contributed by atoms with E-state index >= 15 is 0 Å². The van der Waals surface area contributed by atoms with Crippen LogP contribution in [0.25, 0.3) is 0 Å². The van der Waals surface area contributed by atoms with E-state index in [1.165, 1.54) is 0 Å². The largest absolute Gasteiger partial charge is 0.444 e. The summed E-state index contributed by atoms with van der Waals surface area (Å²) in [6.45, 7) is 18.1. The molecule has 2 unspecified atom stereocenters. The Morgan fingerprint density at radius 2 is 1.79 bits per heavy atom. The second kappa shape index (κ2) is 6.61. The number of alkyl carbamates (subject to hydrolysis) is 1. The number of nitrogens with one attached hydrogen (secondary N) is 1. The average Bonchev–Trinajstić information content (AvgIpc) is 3.14. The van der Waals surface area contributed by atoms with Gasteiger partial charge in [0.05, 0.1) is 25.4 Å². The van der Waals surface area contributed by atoms with Crippen LogP contribution in [-0.2, 0) is 13.9 Å². The maximum Gasteiger partial charge on any atom is 0.407 e. The monoisotopic (exact) mass is 357 g/mol. The van der Waals surface area contributed by atoms with Gasteiger partial charge in [0.15, 0.2) is 8.32 Å². The van der Waals surface area contributed by atoms with Crippen molar-refractivity contribution in [2.75, 3.05) is 13.2 Å². The van der Waals surface area contributed by atoms with Crippen LogP contribution < -0.4 is 5.32 Å². The van der Waals surface area contributed by atoms with E-state index in [1.807, 2.05) is 20.8 Å². The quantitative estimate of drug-likeness (QED) is 0.774. The zero-order chi connectivity index (χ0) is 18.3. The molecule has 1 saturated carbocycles. The van der Waals surface area contributed by atoms with E-state index < -0.39 is 13.9 Å². The lowest BCUT2D eigenvalue weighted by Gasteiger charge is -2.38. The number of rotatable bonds is 4. The van der Waals surface area contributed by atoms with Gasteiger partial charge in [-0.1, -0.05) is 20.8 Å². The van der Waals surface area contributed by atoms with Crippen LogP contribution in [0, 0.1) is 11.8 Å². The highest BCUT2D eigenvalue weighted by Crippen LogP contribution is 2.48. The summed E-state index contributed by atoms with van der Waals surface area (Å²) in [7, 11) is -1.74. The van der Waals surface area contributed by atoms with Gasteiger partial charge in [0.1, 0.15) is 5.60 Å². The van der Waals surface area contributed by atoms with Crippen LogP contribution in [0.3, 0.4) is 0 Å². The summed E-state index contributed by atoms with van der Waals surface area (Å²) in [5.74, 6) is 1.00. The number of hydrogen-bond acceptors (Lipinski definition) is 4. The molecule has 0 spiro atoms. The molecular weight excluding hydrogens is 322 g/mol. The number of carbonyl (C=O) groups excluding carboxylic acids is 1. The summed E-state index contributed by atoms with van der Waals surface area (Å²) in [5, 5.41) is 3.18. The van der Waals surface area contributed by atoms with Gasteiger partial charge in [0.2, 0.25) is 0 Å². The molecule has 6 heteroatoms. The lowest BCUT2D eigenvalue weighted by molar-refractivity contribution is -0.0383. The molecule has 1 aliphatic carbocycles. The van der Waals surface area contributed by atoms with Crippen LogP contribution in [0.5, 0.6) is 0 Å². The van der Waals surface area contributed by atoms with Gasteiger partial charge in [-0.25, -0.2) is 4.79 Å². The zero-order valence-electron chi connectivity index (χ0n) is 16.6. The lowest BCUT2D eigenvalue weighted by Crippen LogP contribution is -2.49. The minimum Gasteiger partial charge on any atom is -0.444 e. The maximum absolute atomic E-state index is 11.9. The van der Waals surface area contributed by atoms with E-state index in [4.69, 9.17) is 13.9 Å². The van der Waals surface area contributed by atoms with E-state index in [0.717, 1.165) is 6.42 Å². The maximum atomic E-state index is 11.9. The summed E-state index contributed by atoms with van der Waals surface area (Å²) in [4.78, 5) is 11.9. The highest BCUT2D eigenvalue weighted by atomic mass is 28.4. The van der Waals surface area contributed by atoms with Gasteiger partial charge in [-0.2, -0.15) is 0 Å².